The van der Waals surface area contributed by atoms with Gasteiger partial charge in [0.2, 0.25) is 0 Å². The minimum Gasteiger partial charge on any atom is -0.485 e. The van der Waals surface area contributed by atoms with Crippen LogP contribution in [0.2, 0.25) is 5.02 Å². The van der Waals surface area contributed by atoms with Gasteiger partial charge in [-0.3, -0.25) is 9.69 Å². The lowest BCUT2D eigenvalue weighted by Gasteiger charge is -2.33. The second kappa shape index (κ2) is 5.33. The maximum atomic E-state index is 12.7. The van der Waals surface area contributed by atoms with Crippen molar-refractivity contribution in [1.82, 2.24) is 10.2 Å². The van der Waals surface area contributed by atoms with E-state index < -0.39 is 0 Å². The first-order chi connectivity index (χ1) is 10.1. The van der Waals surface area contributed by atoms with E-state index in [2.05, 4.69) is 10.2 Å². The van der Waals surface area contributed by atoms with Gasteiger partial charge in [0, 0.05) is 0 Å². The van der Waals surface area contributed by atoms with E-state index >= 15 is 0 Å². The van der Waals surface area contributed by atoms with Crippen LogP contribution < -0.4 is 9.64 Å². The molecular formula is C15H14ClN3O2. The molecule has 5 nitrogen and oxygen atoms in total. The molecule has 1 aliphatic rings. The Hall–Kier alpha value is -2.14. The Balaban J connectivity index is 2.01. The van der Waals surface area contributed by atoms with Crippen molar-refractivity contribution in [1.29, 1.82) is 0 Å². The molecule has 0 spiro atoms. The number of halogens is 1. The summed E-state index contributed by atoms with van der Waals surface area (Å²) in [6.07, 6.45) is -0.139. The highest BCUT2D eigenvalue weighted by atomic mass is 35.5. The summed E-state index contributed by atoms with van der Waals surface area (Å²) in [5, 5.41) is 8.38. The highest BCUT2D eigenvalue weighted by Gasteiger charge is 2.30. The van der Waals surface area contributed by atoms with Gasteiger partial charge in [0.05, 0.1) is 22.9 Å². The van der Waals surface area contributed by atoms with Gasteiger partial charge in [-0.25, -0.2) is 0 Å². The molecule has 0 N–H and O–H groups in total. The fourth-order valence-electron chi connectivity index (χ4n) is 2.26. The fourth-order valence-corrected chi connectivity index (χ4v) is 2.48. The Bertz CT molecular complexity index is 688. The molecular weight excluding hydrogens is 290 g/mol. The number of nitrogens with zero attached hydrogens (tertiary/aromatic N) is 3. The Morgan fingerprint density at radius 2 is 2.14 bits per heavy atom. The van der Waals surface area contributed by atoms with Crippen molar-refractivity contribution in [2.75, 3.05) is 11.4 Å². The van der Waals surface area contributed by atoms with E-state index in [-0.39, 0.29) is 12.0 Å². The standard InChI is InChI=1S/C15H14ClN3O2/c1-9-6-7-12(18-17-9)15(20)19-8-10(2)21-14-11(16)4-3-5-13(14)19/h3-7,10H,8H2,1-2H3. The van der Waals surface area contributed by atoms with Gasteiger partial charge in [-0.15, -0.1) is 5.10 Å². The van der Waals surface area contributed by atoms with Crippen LogP contribution in [0.3, 0.4) is 0 Å². The van der Waals surface area contributed by atoms with Gasteiger partial charge < -0.3 is 4.74 Å². The maximum absolute atomic E-state index is 12.7. The third kappa shape index (κ3) is 2.56. The number of rotatable bonds is 1. The van der Waals surface area contributed by atoms with Gasteiger partial charge in [-0.1, -0.05) is 17.7 Å². The number of hydrogen-bond acceptors (Lipinski definition) is 4. The van der Waals surface area contributed by atoms with Crippen LogP contribution >= 0.6 is 11.6 Å². The molecule has 0 saturated carbocycles. The van der Waals surface area contributed by atoms with Gasteiger partial charge in [0.25, 0.3) is 5.91 Å². The molecule has 2 aromatic rings. The number of hydrogen-bond donors (Lipinski definition) is 0. The molecule has 1 aromatic carbocycles. The molecule has 0 fully saturated rings. The van der Waals surface area contributed by atoms with E-state index in [0.717, 1.165) is 5.69 Å². The molecule has 1 aliphatic heterocycles. The number of fused-ring (bicyclic) bond motifs is 1. The highest BCUT2D eigenvalue weighted by molar-refractivity contribution is 6.32. The molecule has 3 rings (SSSR count). The van der Waals surface area contributed by atoms with Crippen LogP contribution in [0.15, 0.2) is 30.3 Å². The van der Waals surface area contributed by atoms with Crippen molar-refractivity contribution in [3.05, 3.63) is 46.7 Å². The zero-order valence-corrected chi connectivity index (χ0v) is 12.5. The highest BCUT2D eigenvalue weighted by Crippen LogP contribution is 2.39. The van der Waals surface area contributed by atoms with Crippen molar-refractivity contribution in [3.63, 3.8) is 0 Å². The van der Waals surface area contributed by atoms with Crippen LogP contribution in [0.25, 0.3) is 0 Å². The summed E-state index contributed by atoms with van der Waals surface area (Å²) in [7, 11) is 0. The van der Waals surface area contributed by atoms with Crippen molar-refractivity contribution < 1.29 is 9.53 Å². The number of ether oxygens (including phenoxy) is 1. The molecule has 0 radical (unpaired) electrons. The zero-order chi connectivity index (χ0) is 15.0. The van der Waals surface area contributed by atoms with E-state index in [1.165, 1.54) is 0 Å². The summed E-state index contributed by atoms with van der Waals surface area (Å²) in [4.78, 5) is 14.3. The van der Waals surface area contributed by atoms with E-state index in [0.29, 0.717) is 28.7 Å². The van der Waals surface area contributed by atoms with Gasteiger partial charge in [-0.2, -0.15) is 5.10 Å². The average molecular weight is 304 g/mol. The van der Waals surface area contributed by atoms with Crippen molar-refractivity contribution in [2.24, 2.45) is 0 Å². The number of carbonyl (C=O) groups excluding carboxylic acids is 1. The predicted molar refractivity (Wildman–Crippen MR) is 80.0 cm³/mol. The lowest BCUT2D eigenvalue weighted by atomic mass is 10.1. The number of amides is 1. The van der Waals surface area contributed by atoms with Crippen LogP contribution in [-0.4, -0.2) is 28.8 Å². The molecule has 21 heavy (non-hydrogen) atoms. The maximum Gasteiger partial charge on any atom is 0.279 e. The summed E-state index contributed by atoms with van der Waals surface area (Å²) < 4.78 is 5.74. The van der Waals surface area contributed by atoms with Gasteiger partial charge >= 0.3 is 0 Å². The minimum atomic E-state index is -0.207. The quantitative estimate of drug-likeness (QED) is 0.813. The number of benzene rings is 1. The van der Waals surface area contributed by atoms with Crippen molar-refractivity contribution >= 4 is 23.2 Å². The van der Waals surface area contributed by atoms with Crippen LogP contribution in [0.5, 0.6) is 5.75 Å². The second-order valence-corrected chi connectivity index (χ2v) is 5.40. The third-order valence-corrected chi connectivity index (χ3v) is 3.56. The molecule has 1 unspecified atom stereocenters. The Kier molecular flexibility index (Phi) is 3.51. The van der Waals surface area contributed by atoms with E-state index in [4.69, 9.17) is 16.3 Å². The van der Waals surface area contributed by atoms with Gasteiger partial charge in [-0.05, 0) is 38.1 Å². The Morgan fingerprint density at radius 3 is 2.86 bits per heavy atom. The molecule has 0 aliphatic carbocycles. The van der Waals surface area contributed by atoms with Gasteiger partial charge in [0.1, 0.15) is 6.10 Å². The van der Waals surface area contributed by atoms with Crippen LogP contribution in [0, 0.1) is 6.92 Å². The monoisotopic (exact) mass is 303 g/mol. The van der Waals surface area contributed by atoms with E-state index in [1.807, 2.05) is 19.9 Å². The summed E-state index contributed by atoms with van der Waals surface area (Å²) in [5.74, 6) is 0.326. The number of para-hydroxylation sites is 1. The molecule has 1 aromatic heterocycles. The summed E-state index contributed by atoms with van der Waals surface area (Å²) in [5.41, 5.74) is 1.74. The summed E-state index contributed by atoms with van der Waals surface area (Å²) in [6, 6.07) is 8.79. The molecule has 0 saturated heterocycles. The predicted octanol–water partition coefficient (Wildman–Crippen LogP) is 2.87. The average Bonchev–Trinajstić information content (AvgIpc) is 2.47. The van der Waals surface area contributed by atoms with Gasteiger partial charge in [0.15, 0.2) is 11.4 Å². The van der Waals surface area contributed by atoms with E-state index in [9.17, 15) is 4.79 Å². The minimum absolute atomic E-state index is 0.139. The van der Waals surface area contributed by atoms with E-state index in [1.54, 1.807) is 29.2 Å². The first kappa shape index (κ1) is 13.8. The number of aryl methyl sites for hydroxylation is 1. The number of carbonyl (C=O) groups is 1. The van der Waals surface area contributed by atoms with Crippen LogP contribution in [0.4, 0.5) is 5.69 Å². The topological polar surface area (TPSA) is 55.3 Å². The second-order valence-electron chi connectivity index (χ2n) is 4.99. The fraction of sp³-hybridized carbons (Fsp3) is 0.267. The zero-order valence-electron chi connectivity index (χ0n) is 11.7. The Labute approximate surface area is 127 Å². The molecule has 6 heteroatoms. The Morgan fingerprint density at radius 1 is 1.33 bits per heavy atom. The van der Waals surface area contributed by atoms with Crippen molar-refractivity contribution in [3.8, 4) is 5.75 Å². The first-order valence-corrected chi connectivity index (χ1v) is 7.01. The normalized spacial score (nSPS) is 17.1. The number of aromatic nitrogens is 2. The number of anilines is 1. The third-order valence-electron chi connectivity index (χ3n) is 3.26. The molecule has 108 valence electrons. The lowest BCUT2D eigenvalue weighted by molar-refractivity contribution is 0.0955. The lowest BCUT2D eigenvalue weighted by Crippen LogP contribution is -2.42. The van der Waals surface area contributed by atoms with Crippen LogP contribution in [0.1, 0.15) is 23.1 Å². The summed E-state index contributed by atoms with van der Waals surface area (Å²) in [6.45, 7) is 4.17. The largest absolute Gasteiger partial charge is 0.485 e. The first-order valence-electron chi connectivity index (χ1n) is 6.63. The summed E-state index contributed by atoms with van der Waals surface area (Å²) >= 11 is 6.15. The van der Waals surface area contributed by atoms with Crippen LogP contribution in [-0.2, 0) is 0 Å². The smallest absolute Gasteiger partial charge is 0.279 e. The molecule has 1 amide bonds. The molecule has 2 heterocycles. The molecule has 1 atom stereocenters. The SMILES string of the molecule is Cc1ccc(C(=O)N2CC(C)Oc3c(Cl)cccc32)nn1. The van der Waals surface area contributed by atoms with Crippen molar-refractivity contribution in [2.45, 2.75) is 20.0 Å². The molecule has 0 bridgehead atoms.